The van der Waals surface area contributed by atoms with Gasteiger partial charge in [0.05, 0.1) is 0 Å². The van der Waals surface area contributed by atoms with Gasteiger partial charge in [-0.15, -0.1) is 0 Å². The Bertz CT molecular complexity index is 580. The SMILES string of the molecule is C1CCCC1.CC(CC(C)C(C(C)C)C(C)C)CC(CC1CCC(C2CCC(C)C(C(C)C)C2)C1)C(C)C. The first-order valence-corrected chi connectivity index (χ1v) is 17.9. The van der Waals surface area contributed by atoms with Crippen LogP contribution in [0.1, 0.15) is 166 Å². The summed E-state index contributed by atoms with van der Waals surface area (Å²) in [6.45, 7) is 27.4. The normalized spacial score (nSPS) is 30.8. The molecule has 0 amide bonds. The molecule has 3 fully saturated rings. The predicted molar refractivity (Wildman–Crippen MR) is 172 cm³/mol. The summed E-state index contributed by atoms with van der Waals surface area (Å²) in [5.41, 5.74) is 0. The third-order valence-corrected chi connectivity index (χ3v) is 11.9. The van der Waals surface area contributed by atoms with Crippen molar-refractivity contribution in [2.75, 3.05) is 0 Å². The van der Waals surface area contributed by atoms with Gasteiger partial charge in [0.25, 0.3) is 0 Å². The van der Waals surface area contributed by atoms with Crippen LogP contribution in [0.5, 0.6) is 0 Å². The van der Waals surface area contributed by atoms with Gasteiger partial charge in [-0.1, -0.05) is 121 Å². The molecule has 3 aliphatic rings. The number of hydrogen-bond acceptors (Lipinski definition) is 0. The third-order valence-electron chi connectivity index (χ3n) is 11.9. The van der Waals surface area contributed by atoms with Crippen molar-refractivity contribution < 1.29 is 0 Å². The Morgan fingerprint density at radius 2 is 1.11 bits per heavy atom. The summed E-state index contributed by atoms with van der Waals surface area (Å²) in [7, 11) is 0. The average molecular weight is 531 g/mol. The van der Waals surface area contributed by atoms with Crippen molar-refractivity contribution in [2.45, 2.75) is 166 Å². The monoisotopic (exact) mass is 531 g/mol. The van der Waals surface area contributed by atoms with E-state index in [2.05, 4.69) is 76.2 Å². The van der Waals surface area contributed by atoms with Crippen LogP contribution >= 0.6 is 0 Å². The van der Waals surface area contributed by atoms with Crippen molar-refractivity contribution in [1.82, 2.24) is 0 Å². The Labute approximate surface area is 242 Å². The molecule has 3 rings (SSSR count). The molecule has 0 aromatic heterocycles. The van der Waals surface area contributed by atoms with E-state index in [0.717, 1.165) is 76.9 Å². The molecule has 0 aromatic rings. The molecule has 0 N–H and O–H groups in total. The summed E-state index contributed by atoms with van der Waals surface area (Å²) < 4.78 is 0. The molecule has 0 heteroatoms. The Hall–Kier alpha value is 0. The second-order valence-corrected chi connectivity index (χ2v) is 16.5. The predicted octanol–water partition coefficient (Wildman–Crippen LogP) is 12.7. The molecule has 226 valence electrons. The van der Waals surface area contributed by atoms with Gasteiger partial charge in [-0.25, -0.2) is 0 Å². The highest BCUT2D eigenvalue weighted by molar-refractivity contribution is 4.88. The van der Waals surface area contributed by atoms with Gasteiger partial charge in [-0.2, -0.15) is 0 Å². The zero-order chi connectivity index (χ0) is 28.4. The first-order chi connectivity index (χ1) is 17.9. The molecule has 0 aromatic carbocycles. The summed E-state index contributed by atoms with van der Waals surface area (Å²) in [5, 5.41) is 0. The summed E-state index contributed by atoms with van der Waals surface area (Å²) in [5.74, 6) is 11.9. The quantitative estimate of drug-likeness (QED) is 0.235. The molecule has 0 heterocycles. The number of rotatable bonds is 12. The highest BCUT2D eigenvalue weighted by atomic mass is 14.4. The lowest BCUT2D eigenvalue weighted by Gasteiger charge is -2.39. The van der Waals surface area contributed by atoms with Crippen LogP contribution in [0.3, 0.4) is 0 Å². The summed E-state index contributed by atoms with van der Waals surface area (Å²) in [6, 6.07) is 0. The fraction of sp³-hybridized carbons (Fsp3) is 1.00. The van der Waals surface area contributed by atoms with Crippen LogP contribution < -0.4 is 0 Å². The summed E-state index contributed by atoms with van der Waals surface area (Å²) in [4.78, 5) is 0. The van der Waals surface area contributed by atoms with Crippen LogP contribution in [0.25, 0.3) is 0 Å². The van der Waals surface area contributed by atoms with Gasteiger partial charge in [0, 0.05) is 0 Å². The Balaban J connectivity index is 0.000000904. The molecule has 0 saturated heterocycles. The molecule has 8 atom stereocenters. The van der Waals surface area contributed by atoms with Crippen LogP contribution in [0.15, 0.2) is 0 Å². The van der Waals surface area contributed by atoms with Crippen molar-refractivity contribution in [2.24, 2.45) is 76.9 Å². The molecule has 0 spiro atoms. The summed E-state index contributed by atoms with van der Waals surface area (Å²) in [6.07, 6.45) is 21.1. The maximum absolute atomic E-state index is 2.57. The smallest absolute Gasteiger partial charge is 0.0342 e. The first kappa shape index (κ1) is 34.2. The van der Waals surface area contributed by atoms with E-state index in [9.17, 15) is 0 Å². The second-order valence-electron chi connectivity index (χ2n) is 16.5. The van der Waals surface area contributed by atoms with Crippen LogP contribution in [-0.2, 0) is 0 Å². The minimum Gasteiger partial charge on any atom is -0.0625 e. The fourth-order valence-electron chi connectivity index (χ4n) is 9.95. The highest BCUT2D eigenvalue weighted by Gasteiger charge is 2.38. The highest BCUT2D eigenvalue weighted by Crippen LogP contribution is 2.48. The van der Waals surface area contributed by atoms with Crippen molar-refractivity contribution in [3.8, 4) is 0 Å². The van der Waals surface area contributed by atoms with Gasteiger partial charge in [0.15, 0.2) is 0 Å². The molecule has 0 bridgehead atoms. The summed E-state index contributed by atoms with van der Waals surface area (Å²) >= 11 is 0. The van der Waals surface area contributed by atoms with Crippen molar-refractivity contribution in [1.29, 1.82) is 0 Å². The van der Waals surface area contributed by atoms with Gasteiger partial charge in [0.1, 0.15) is 0 Å². The zero-order valence-corrected chi connectivity index (χ0v) is 28.4. The standard InChI is InChI=1S/C33H64.C5H10/c1-21(2)31(17-25(9)16-27(11)33(23(5)6)24(7)8)19-28-13-15-29(18-28)30-14-12-26(10)32(20-30)22(3)4;1-2-4-5-3-1/h21-33H,12-20H2,1-11H3;1-5H2. The topological polar surface area (TPSA) is 0 Å². The largest absolute Gasteiger partial charge is 0.0625 e. The van der Waals surface area contributed by atoms with E-state index in [1.165, 1.54) is 83.5 Å². The Morgan fingerprint density at radius 3 is 1.61 bits per heavy atom. The maximum Gasteiger partial charge on any atom is -0.0342 e. The fourth-order valence-corrected chi connectivity index (χ4v) is 9.95. The van der Waals surface area contributed by atoms with Crippen LogP contribution in [0.2, 0.25) is 0 Å². The Kier molecular flexibility index (Phi) is 15.4. The van der Waals surface area contributed by atoms with Gasteiger partial charge >= 0.3 is 0 Å². The minimum atomic E-state index is 0.807. The molecular formula is C38H74. The van der Waals surface area contributed by atoms with E-state index < -0.39 is 0 Å². The number of hydrogen-bond donors (Lipinski definition) is 0. The van der Waals surface area contributed by atoms with Crippen molar-refractivity contribution in [3.63, 3.8) is 0 Å². The zero-order valence-electron chi connectivity index (χ0n) is 28.4. The van der Waals surface area contributed by atoms with Gasteiger partial charge in [-0.05, 0) is 122 Å². The van der Waals surface area contributed by atoms with E-state index in [1.54, 1.807) is 6.42 Å². The van der Waals surface area contributed by atoms with Gasteiger partial charge < -0.3 is 0 Å². The van der Waals surface area contributed by atoms with Crippen molar-refractivity contribution in [3.05, 3.63) is 0 Å². The molecule has 3 saturated carbocycles. The second kappa shape index (κ2) is 17.1. The lowest BCUT2D eigenvalue weighted by Crippen LogP contribution is -2.30. The van der Waals surface area contributed by atoms with E-state index in [0.29, 0.717) is 0 Å². The first-order valence-electron chi connectivity index (χ1n) is 17.9. The van der Waals surface area contributed by atoms with E-state index >= 15 is 0 Å². The lowest BCUT2D eigenvalue weighted by atomic mass is 9.66. The van der Waals surface area contributed by atoms with Crippen LogP contribution in [-0.4, -0.2) is 0 Å². The van der Waals surface area contributed by atoms with Gasteiger partial charge in [0.2, 0.25) is 0 Å². The molecule has 8 unspecified atom stereocenters. The third kappa shape index (κ3) is 11.1. The molecular weight excluding hydrogens is 456 g/mol. The van der Waals surface area contributed by atoms with E-state index in [-0.39, 0.29) is 0 Å². The van der Waals surface area contributed by atoms with E-state index in [1.807, 2.05) is 0 Å². The minimum absolute atomic E-state index is 0.807. The molecule has 3 aliphatic carbocycles. The lowest BCUT2D eigenvalue weighted by molar-refractivity contribution is 0.110. The molecule has 0 nitrogen and oxygen atoms in total. The van der Waals surface area contributed by atoms with Crippen molar-refractivity contribution >= 4 is 0 Å². The average Bonchev–Trinajstić information content (AvgIpc) is 3.53. The van der Waals surface area contributed by atoms with Crippen LogP contribution in [0, 0.1) is 76.9 Å². The van der Waals surface area contributed by atoms with E-state index in [4.69, 9.17) is 0 Å². The molecule has 38 heavy (non-hydrogen) atoms. The van der Waals surface area contributed by atoms with Crippen LogP contribution in [0.4, 0.5) is 0 Å². The molecule has 0 aliphatic heterocycles. The Morgan fingerprint density at radius 1 is 0.579 bits per heavy atom. The molecule has 0 radical (unpaired) electrons. The maximum atomic E-state index is 2.57. The van der Waals surface area contributed by atoms with Gasteiger partial charge in [-0.3, -0.25) is 0 Å².